The quantitative estimate of drug-likeness (QED) is 0.910. The summed E-state index contributed by atoms with van der Waals surface area (Å²) >= 11 is 0. The zero-order valence-corrected chi connectivity index (χ0v) is 12.4. The second kappa shape index (κ2) is 6.70. The first-order chi connectivity index (χ1) is 9.71. The third kappa shape index (κ3) is 2.93. The number of pyridine rings is 1. The number of hydrogen-bond acceptors (Lipinski definition) is 4. The van der Waals surface area contributed by atoms with Crippen molar-refractivity contribution in [2.45, 2.75) is 38.8 Å². The van der Waals surface area contributed by atoms with Crippen LogP contribution in [0.3, 0.4) is 0 Å². The molecule has 5 heteroatoms. The number of hydrogen-bond donors (Lipinski definition) is 1. The first kappa shape index (κ1) is 14.8. The Labute approximate surface area is 120 Å². The third-order valence-electron chi connectivity index (χ3n) is 3.96. The predicted molar refractivity (Wildman–Crippen MR) is 78.0 cm³/mol. The summed E-state index contributed by atoms with van der Waals surface area (Å²) < 4.78 is 5.25. The van der Waals surface area contributed by atoms with Crippen molar-refractivity contribution in [3.8, 4) is 5.75 Å². The van der Waals surface area contributed by atoms with Crippen LogP contribution in [0.1, 0.15) is 37.0 Å². The highest BCUT2D eigenvalue weighted by molar-refractivity contribution is 5.97. The Bertz CT molecular complexity index is 464. The Balaban J connectivity index is 2.24. The van der Waals surface area contributed by atoms with E-state index in [0.29, 0.717) is 17.4 Å². The van der Waals surface area contributed by atoms with Crippen LogP contribution >= 0.6 is 0 Å². The Morgan fingerprint density at radius 2 is 2.30 bits per heavy atom. The summed E-state index contributed by atoms with van der Waals surface area (Å²) in [5.74, 6) is 0.579. The lowest BCUT2D eigenvalue weighted by Gasteiger charge is -2.40. The minimum absolute atomic E-state index is 0.0380. The molecule has 2 rings (SSSR count). The Kier molecular flexibility index (Phi) is 4.95. The molecule has 0 saturated carbocycles. The molecule has 0 radical (unpaired) electrons. The first-order valence-electron chi connectivity index (χ1n) is 7.23. The van der Waals surface area contributed by atoms with E-state index in [1.165, 1.54) is 0 Å². The number of rotatable bonds is 4. The van der Waals surface area contributed by atoms with Gasteiger partial charge < -0.3 is 15.0 Å². The fourth-order valence-corrected chi connectivity index (χ4v) is 2.62. The summed E-state index contributed by atoms with van der Waals surface area (Å²) in [6.45, 7) is 5.86. The van der Waals surface area contributed by atoms with Gasteiger partial charge in [-0.25, -0.2) is 0 Å². The average Bonchev–Trinajstić information content (AvgIpc) is 2.53. The van der Waals surface area contributed by atoms with Gasteiger partial charge in [0.05, 0.1) is 18.9 Å². The van der Waals surface area contributed by atoms with E-state index in [2.05, 4.69) is 24.1 Å². The Hall–Kier alpha value is -1.62. The molecule has 1 aliphatic heterocycles. The highest BCUT2D eigenvalue weighted by atomic mass is 16.5. The fourth-order valence-electron chi connectivity index (χ4n) is 2.62. The van der Waals surface area contributed by atoms with Gasteiger partial charge in [-0.1, -0.05) is 13.8 Å². The molecule has 1 fully saturated rings. The molecule has 5 nitrogen and oxygen atoms in total. The lowest BCUT2D eigenvalue weighted by molar-refractivity contribution is 0.0572. The number of piperazine rings is 1. The standard InChI is InChI=1S/C15H23N3O2/c1-4-11-10-18(12(5-2)8-17-11)15(19)13-6-7-16-9-14(13)20-3/h6-7,9,11-12,17H,4-5,8,10H2,1-3H3. The van der Waals surface area contributed by atoms with Crippen LogP contribution < -0.4 is 10.1 Å². The third-order valence-corrected chi connectivity index (χ3v) is 3.96. The summed E-state index contributed by atoms with van der Waals surface area (Å²) in [5.41, 5.74) is 0.595. The monoisotopic (exact) mass is 277 g/mol. The van der Waals surface area contributed by atoms with Gasteiger partial charge in [0.1, 0.15) is 5.75 Å². The van der Waals surface area contributed by atoms with E-state index in [-0.39, 0.29) is 11.9 Å². The lowest BCUT2D eigenvalue weighted by Crippen LogP contribution is -2.57. The number of nitrogens with one attached hydrogen (secondary N) is 1. The van der Waals surface area contributed by atoms with E-state index < -0.39 is 0 Å². The van der Waals surface area contributed by atoms with Crippen LogP contribution in [0.15, 0.2) is 18.5 Å². The van der Waals surface area contributed by atoms with E-state index in [0.717, 1.165) is 25.9 Å². The zero-order valence-electron chi connectivity index (χ0n) is 12.4. The molecule has 1 N–H and O–H groups in total. The molecular weight excluding hydrogens is 254 g/mol. The molecule has 0 bridgehead atoms. The van der Waals surface area contributed by atoms with Gasteiger partial charge in [0.15, 0.2) is 0 Å². The smallest absolute Gasteiger partial charge is 0.258 e. The van der Waals surface area contributed by atoms with Crippen LogP contribution in [0.4, 0.5) is 0 Å². The summed E-state index contributed by atoms with van der Waals surface area (Å²) in [4.78, 5) is 18.8. The van der Waals surface area contributed by atoms with Gasteiger partial charge >= 0.3 is 0 Å². The van der Waals surface area contributed by atoms with E-state index in [9.17, 15) is 4.79 Å². The van der Waals surface area contributed by atoms with Gasteiger partial charge in [-0.2, -0.15) is 0 Å². The van der Waals surface area contributed by atoms with Gasteiger partial charge in [-0.3, -0.25) is 9.78 Å². The topological polar surface area (TPSA) is 54.5 Å². The molecule has 2 unspecified atom stereocenters. The van der Waals surface area contributed by atoms with Crippen LogP contribution in [0, 0.1) is 0 Å². The molecule has 0 aromatic carbocycles. The number of carbonyl (C=O) groups excluding carboxylic acids is 1. The number of nitrogens with zero attached hydrogens (tertiary/aromatic N) is 2. The molecule has 1 saturated heterocycles. The normalized spacial score (nSPS) is 22.6. The van der Waals surface area contributed by atoms with Crippen molar-refractivity contribution in [3.63, 3.8) is 0 Å². The maximum Gasteiger partial charge on any atom is 0.258 e. The number of methoxy groups -OCH3 is 1. The molecule has 110 valence electrons. The molecule has 1 amide bonds. The first-order valence-corrected chi connectivity index (χ1v) is 7.23. The zero-order chi connectivity index (χ0) is 14.5. The molecule has 0 spiro atoms. The van der Waals surface area contributed by atoms with Crippen molar-refractivity contribution in [3.05, 3.63) is 24.0 Å². The lowest BCUT2D eigenvalue weighted by atomic mass is 10.0. The largest absolute Gasteiger partial charge is 0.494 e. The maximum absolute atomic E-state index is 12.8. The van der Waals surface area contributed by atoms with E-state index in [4.69, 9.17) is 4.74 Å². The summed E-state index contributed by atoms with van der Waals surface area (Å²) in [5, 5.41) is 3.50. The van der Waals surface area contributed by atoms with Crippen LogP contribution in [0.25, 0.3) is 0 Å². The van der Waals surface area contributed by atoms with Gasteiger partial charge in [0, 0.05) is 31.4 Å². The second-order valence-electron chi connectivity index (χ2n) is 5.11. The number of aromatic nitrogens is 1. The Morgan fingerprint density at radius 1 is 1.50 bits per heavy atom. The van der Waals surface area contributed by atoms with Crippen molar-refractivity contribution in [1.29, 1.82) is 0 Å². The molecule has 20 heavy (non-hydrogen) atoms. The minimum Gasteiger partial charge on any atom is -0.494 e. The fraction of sp³-hybridized carbons (Fsp3) is 0.600. The van der Waals surface area contributed by atoms with E-state index in [1.54, 1.807) is 25.6 Å². The molecule has 1 aliphatic rings. The summed E-state index contributed by atoms with van der Waals surface area (Å²) in [7, 11) is 1.57. The van der Waals surface area contributed by atoms with Crippen LogP contribution in [0.5, 0.6) is 5.75 Å². The molecule has 1 aromatic heterocycles. The molecular formula is C15H23N3O2. The van der Waals surface area contributed by atoms with Crippen molar-refractivity contribution in [1.82, 2.24) is 15.2 Å². The number of ether oxygens (including phenoxy) is 1. The van der Waals surface area contributed by atoms with Crippen molar-refractivity contribution >= 4 is 5.91 Å². The van der Waals surface area contributed by atoms with Crippen molar-refractivity contribution in [2.24, 2.45) is 0 Å². The molecule has 0 aliphatic carbocycles. The highest BCUT2D eigenvalue weighted by Crippen LogP contribution is 2.22. The van der Waals surface area contributed by atoms with Gasteiger partial charge in [0.25, 0.3) is 5.91 Å². The SMILES string of the molecule is CCC1CN(C(=O)c2ccncc2OC)C(CC)CN1. The molecule has 2 heterocycles. The maximum atomic E-state index is 12.8. The average molecular weight is 277 g/mol. The van der Waals surface area contributed by atoms with Crippen LogP contribution in [-0.2, 0) is 0 Å². The Morgan fingerprint density at radius 3 is 2.95 bits per heavy atom. The van der Waals surface area contributed by atoms with Crippen molar-refractivity contribution in [2.75, 3.05) is 20.2 Å². The van der Waals surface area contributed by atoms with Crippen LogP contribution in [0.2, 0.25) is 0 Å². The van der Waals surface area contributed by atoms with Crippen molar-refractivity contribution < 1.29 is 9.53 Å². The molecule has 1 aromatic rings. The number of amides is 1. The van der Waals surface area contributed by atoms with Gasteiger partial charge in [-0.15, -0.1) is 0 Å². The van der Waals surface area contributed by atoms with E-state index >= 15 is 0 Å². The highest BCUT2D eigenvalue weighted by Gasteiger charge is 2.31. The predicted octanol–water partition coefficient (Wildman–Crippen LogP) is 1.69. The summed E-state index contributed by atoms with van der Waals surface area (Å²) in [6.07, 6.45) is 5.19. The van der Waals surface area contributed by atoms with Gasteiger partial charge in [-0.05, 0) is 18.9 Å². The molecule has 2 atom stereocenters. The summed E-state index contributed by atoms with van der Waals surface area (Å²) in [6, 6.07) is 2.34. The van der Waals surface area contributed by atoms with E-state index in [1.807, 2.05) is 4.90 Å². The van der Waals surface area contributed by atoms with Crippen LogP contribution in [-0.4, -0.2) is 48.1 Å². The minimum atomic E-state index is 0.0380. The number of carbonyl (C=O) groups is 1. The second-order valence-corrected chi connectivity index (χ2v) is 5.11. The van der Waals surface area contributed by atoms with Gasteiger partial charge in [0.2, 0.25) is 0 Å².